The lowest BCUT2D eigenvalue weighted by molar-refractivity contribution is 0.218. The van der Waals surface area contributed by atoms with Crippen LogP contribution in [0.25, 0.3) is 0 Å². The van der Waals surface area contributed by atoms with Gasteiger partial charge in [0.2, 0.25) is 0 Å². The van der Waals surface area contributed by atoms with Crippen LogP contribution in [0.4, 0.5) is 4.39 Å². The first kappa shape index (κ1) is 13.1. The predicted molar refractivity (Wildman–Crippen MR) is 59.6 cm³/mol. The van der Waals surface area contributed by atoms with Crippen molar-refractivity contribution in [2.24, 2.45) is 0 Å². The van der Waals surface area contributed by atoms with Crippen molar-refractivity contribution in [1.82, 2.24) is 0 Å². The Bertz CT molecular complexity index is 492. The molecule has 90 valence electrons. The van der Waals surface area contributed by atoms with Gasteiger partial charge >= 0.3 is 0 Å². The summed E-state index contributed by atoms with van der Waals surface area (Å²) in [5.41, 5.74) is 0.00414. The molecule has 0 fully saturated rings. The Morgan fingerprint density at radius 1 is 1.38 bits per heavy atom. The SMILES string of the molecule is CC(C)(CO)c1ccc(F)c(S(C)(=O)=O)c1. The van der Waals surface area contributed by atoms with E-state index in [2.05, 4.69) is 0 Å². The summed E-state index contributed by atoms with van der Waals surface area (Å²) in [5, 5.41) is 9.17. The highest BCUT2D eigenvalue weighted by atomic mass is 32.2. The molecule has 0 atom stereocenters. The van der Waals surface area contributed by atoms with E-state index < -0.39 is 21.1 Å². The van der Waals surface area contributed by atoms with Gasteiger partial charge in [0.1, 0.15) is 10.7 Å². The quantitative estimate of drug-likeness (QED) is 0.879. The van der Waals surface area contributed by atoms with Crippen LogP contribution in [0.2, 0.25) is 0 Å². The second-order valence-corrected chi connectivity index (χ2v) is 6.44. The lowest BCUT2D eigenvalue weighted by Crippen LogP contribution is -2.22. The van der Waals surface area contributed by atoms with E-state index in [1.807, 2.05) is 0 Å². The van der Waals surface area contributed by atoms with E-state index in [1.165, 1.54) is 12.1 Å². The minimum atomic E-state index is -3.58. The smallest absolute Gasteiger partial charge is 0.178 e. The van der Waals surface area contributed by atoms with Gasteiger partial charge in [-0.25, -0.2) is 12.8 Å². The van der Waals surface area contributed by atoms with Crippen LogP contribution < -0.4 is 0 Å². The number of sulfone groups is 1. The third-order valence-electron chi connectivity index (χ3n) is 2.51. The van der Waals surface area contributed by atoms with E-state index in [4.69, 9.17) is 5.11 Å². The minimum absolute atomic E-state index is 0.137. The van der Waals surface area contributed by atoms with Gasteiger partial charge in [-0.3, -0.25) is 0 Å². The van der Waals surface area contributed by atoms with Crippen molar-refractivity contribution in [3.05, 3.63) is 29.6 Å². The average Bonchev–Trinajstić information content (AvgIpc) is 2.16. The fraction of sp³-hybridized carbons (Fsp3) is 0.455. The van der Waals surface area contributed by atoms with E-state index in [0.29, 0.717) is 5.56 Å². The van der Waals surface area contributed by atoms with Crippen molar-refractivity contribution in [3.63, 3.8) is 0 Å². The van der Waals surface area contributed by atoms with Crippen LogP contribution in [0.3, 0.4) is 0 Å². The van der Waals surface area contributed by atoms with Gasteiger partial charge in [0.15, 0.2) is 9.84 Å². The van der Waals surface area contributed by atoms with Gasteiger partial charge < -0.3 is 5.11 Å². The van der Waals surface area contributed by atoms with Crippen molar-refractivity contribution in [2.45, 2.75) is 24.2 Å². The monoisotopic (exact) mass is 246 g/mol. The zero-order chi connectivity index (χ0) is 12.6. The van der Waals surface area contributed by atoms with Gasteiger partial charge in [-0.2, -0.15) is 0 Å². The second kappa shape index (κ2) is 4.14. The molecule has 1 rings (SSSR count). The molecule has 5 heteroatoms. The molecule has 0 aromatic heterocycles. The Hall–Kier alpha value is -0.940. The highest BCUT2D eigenvalue weighted by Gasteiger charge is 2.23. The van der Waals surface area contributed by atoms with Crippen LogP contribution in [0.1, 0.15) is 19.4 Å². The first-order valence-electron chi connectivity index (χ1n) is 4.79. The molecule has 0 amide bonds. The Morgan fingerprint density at radius 2 is 1.94 bits per heavy atom. The topological polar surface area (TPSA) is 54.4 Å². The zero-order valence-electron chi connectivity index (χ0n) is 9.49. The molecule has 0 saturated carbocycles. The van der Waals surface area contributed by atoms with E-state index in [1.54, 1.807) is 13.8 Å². The lowest BCUT2D eigenvalue weighted by Gasteiger charge is -2.22. The lowest BCUT2D eigenvalue weighted by atomic mass is 9.86. The Morgan fingerprint density at radius 3 is 2.38 bits per heavy atom. The maximum absolute atomic E-state index is 13.3. The predicted octanol–water partition coefficient (Wildman–Crippen LogP) is 1.50. The third-order valence-corrected chi connectivity index (χ3v) is 3.62. The van der Waals surface area contributed by atoms with Gasteiger partial charge in [0.05, 0.1) is 6.61 Å². The number of aliphatic hydroxyl groups is 1. The van der Waals surface area contributed by atoms with Gasteiger partial charge in [-0.15, -0.1) is 0 Å². The molecule has 16 heavy (non-hydrogen) atoms. The molecule has 1 aromatic carbocycles. The summed E-state index contributed by atoms with van der Waals surface area (Å²) >= 11 is 0. The summed E-state index contributed by atoms with van der Waals surface area (Å²) in [6.07, 6.45) is 0.959. The van der Waals surface area contributed by atoms with E-state index in [9.17, 15) is 12.8 Å². The Labute approximate surface area is 94.8 Å². The van der Waals surface area contributed by atoms with Crippen molar-refractivity contribution < 1.29 is 17.9 Å². The average molecular weight is 246 g/mol. The highest BCUT2D eigenvalue weighted by Crippen LogP contribution is 2.26. The molecule has 3 nitrogen and oxygen atoms in total. The number of rotatable bonds is 3. The van der Waals surface area contributed by atoms with Crippen LogP contribution in [0.5, 0.6) is 0 Å². The molecule has 0 unspecified atom stereocenters. The second-order valence-electron chi connectivity index (χ2n) is 4.46. The maximum Gasteiger partial charge on any atom is 0.178 e. The van der Waals surface area contributed by atoms with Gasteiger partial charge in [-0.1, -0.05) is 19.9 Å². The molecule has 0 saturated heterocycles. The van der Waals surface area contributed by atoms with Crippen LogP contribution in [0.15, 0.2) is 23.1 Å². The van der Waals surface area contributed by atoms with Crippen molar-refractivity contribution in [1.29, 1.82) is 0 Å². The number of aliphatic hydroxyl groups excluding tert-OH is 1. The highest BCUT2D eigenvalue weighted by molar-refractivity contribution is 7.90. The van der Waals surface area contributed by atoms with Crippen LogP contribution in [-0.2, 0) is 15.3 Å². The van der Waals surface area contributed by atoms with Crippen LogP contribution in [-0.4, -0.2) is 26.4 Å². The zero-order valence-corrected chi connectivity index (χ0v) is 10.3. The molecule has 0 bridgehead atoms. The molecule has 0 radical (unpaired) electrons. The van der Waals surface area contributed by atoms with E-state index in [0.717, 1.165) is 12.3 Å². The summed E-state index contributed by atoms with van der Waals surface area (Å²) < 4.78 is 36.0. The van der Waals surface area contributed by atoms with E-state index in [-0.39, 0.29) is 11.5 Å². The summed E-state index contributed by atoms with van der Waals surface area (Å²) in [4.78, 5) is -0.327. The fourth-order valence-electron chi connectivity index (χ4n) is 1.30. The van der Waals surface area contributed by atoms with Crippen LogP contribution in [0, 0.1) is 5.82 Å². The molecule has 1 N–H and O–H groups in total. The fourth-order valence-corrected chi connectivity index (χ4v) is 2.06. The summed E-state index contributed by atoms with van der Waals surface area (Å²) in [7, 11) is -3.58. The molecule has 0 heterocycles. The standard InChI is InChI=1S/C11H15FO3S/c1-11(2,7-13)8-4-5-9(12)10(6-8)16(3,14)15/h4-6,13H,7H2,1-3H3. The molecule has 1 aromatic rings. The first-order valence-corrected chi connectivity index (χ1v) is 6.68. The summed E-state index contributed by atoms with van der Waals surface area (Å²) in [6.45, 7) is 3.38. The number of hydrogen-bond acceptors (Lipinski definition) is 3. The Kier molecular flexibility index (Phi) is 3.40. The van der Waals surface area contributed by atoms with Gasteiger partial charge in [0, 0.05) is 11.7 Å². The van der Waals surface area contributed by atoms with Crippen molar-refractivity contribution in [3.8, 4) is 0 Å². The molecular weight excluding hydrogens is 231 g/mol. The largest absolute Gasteiger partial charge is 0.395 e. The third kappa shape index (κ3) is 2.59. The molecule has 0 aliphatic heterocycles. The van der Waals surface area contributed by atoms with Crippen LogP contribution >= 0.6 is 0 Å². The van der Waals surface area contributed by atoms with E-state index >= 15 is 0 Å². The van der Waals surface area contributed by atoms with Gasteiger partial charge in [-0.05, 0) is 17.7 Å². The van der Waals surface area contributed by atoms with Gasteiger partial charge in [0.25, 0.3) is 0 Å². The molecule has 0 aliphatic rings. The normalized spacial score (nSPS) is 12.8. The maximum atomic E-state index is 13.3. The number of hydrogen-bond donors (Lipinski definition) is 1. The molecule has 0 spiro atoms. The number of halogens is 1. The molecular formula is C11H15FO3S. The van der Waals surface area contributed by atoms with Crippen molar-refractivity contribution in [2.75, 3.05) is 12.9 Å². The Balaban J connectivity index is 3.40. The number of benzene rings is 1. The molecule has 0 aliphatic carbocycles. The van der Waals surface area contributed by atoms with Crippen molar-refractivity contribution >= 4 is 9.84 Å². The first-order chi connectivity index (χ1) is 7.18. The summed E-state index contributed by atoms with van der Waals surface area (Å²) in [6, 6.07) is 3.88. The summed E-state index contributed by atoms with van der Waals surface area (Å²) in [5.74, 6) is -0.764. The minimum Gasteiger partial charge on any atom is -0.395 e.